The Balaban J connectivity index is 1.90. The van der Waals surface area contributed by atoms with Crippen LogP contribution in [0.2, 0.25) is 0 Å². The van der Waals surface area contributed by atoms with E-state index in [-0.39, 0.29) is 11.8 Å². The first kappa shape index (κ1) is 15.4. The number of aryl methyl sites for hydroxylation is 1. The average molecular weight is 340 g/mol. The minimum atomic E-state index is -0.190. The van der Waals surface area contributed by atoms with E-state index in [9.17, 15) is 4.79 Å². The molecule has 2 unspecified atom stereocenters. The average Bonchev–Trinajstić information content (AvgIpc) is 2.96. The maximum atomic E-state index is 12.8. The Hall–Kier alpha value is -2.08. The third kappa shape index (κ3) is 2.45. The molecule has 1 aromatic carbocycles. The van der Waals surface area contributed by atoms with Crippen molar-refractivity contribution in [1.82, 2.24) is 14.8 Å². The molecule has 124 valence electrons. The zero-order chi connectivity index (χ0) is 16.8. The lowest BCUT2D eigenvalue weighted by molar-refractivity contribution is -0.117. The van der Waals surface area contributed by atoms with Crippen LogP contribution >= 0.6 is 11.8 Å². The Morgan fingerprint density at radius 3 is 2.71 bits per heavy atom. The molecular weight excluding hydrogens is 320 g/mol. The highest BCUT2D eigenvalue weighted by Gasteiger charge is 2.38. The van der Waals surface area contributed by atoms with Crippen LogP contribution in [0.15, 0.2) is 40.7 Å². The Morgan fingerprint density at radius 1 is 1.25 bits per heavy atom. The molecule has 2 heterocycles. The molecule has 0 spiro atoms. The van der Waals surface area contributed by atoms with Crippen LogP contribution in [0, 0.1) is 12.8 Å². The highest BCUT2D eigenvalue weighted by Crippen LogP contribution is 2.41. The number of rotatable bonds is 2. The molecule has 2 aromatic rings. The number of ketones is 1. The van der Waals surface area contributed by atoms with E-state index in [1.165, 1.54) is 17.3 Å². The number of allylic oxidation sites excluding steroid dienone is 2. The summed E-state index contributed by atoms with van der Waals surface area (Å²) >= 11 is 1.51. The maximum absolute atomic E-state index is 12.8. The molecule has 0 radical (unpaired) electrons. The van der Waals surface area contributed by atoms with Crippen molar-refractivity contribution in [3.63, 3.8) is 0 Å². The van der Waals surface area contributed by atoms with E-state index in [0.717, 1.165) is 34.4 Å². The number of hydrogen-bond acceptors (Lipinski definition) is 5. The summed E-state index contributed by atoms with van der Waals surface area (Å²) in [5.41, 5.74) is 4.14. The zero-order valence-corrected chi connectivity index (χ0v) is 14.9. The van der Waals surface area contributed by atoms with Crippen LogP contribution in [0.5, 0.6) is 0 Å². The van der Waals surface area contributed by atoms with E-state index in [1.54, 1.807) is 0 Å². The fourth-order valence-corrected chi connectivity index (χ4v) is 3.88. The number of Topliss-reactive ketones (excluding diaryl/α,β-unsaturated/α-hetero) is 1. The van der Waals surface area contributed by atoms with E-state index < -0.39 is 0 Å². The first-order valence-corrected chi connectivity index (χ1v) is 9.39. The van der Waals surface area contributed by atoms with Gasteiger partial charge in [-0.25, -0.2) is 4.68 Å². The number of fused-ring (bicyclic) bond motifs is 1. The van der Waals surface area contributed by atoms with Gasteiger partial charge < -0.3 is 5.32 Å². The van der Waals surface area contributed by atoms with Crippen molar-refractivity contribution in [3.05, 3.63) is 46.7 Å². The minimum Gasteiger partial charge on any atom is -0.328 e. The summed E-state index contributed by atoms with van der Waals surface area (Å²) < 4.78 is 1.86. The predicted octanol–water partition coefficient (Wildman–Crippen LogP) is 3.58. The molecule has 24 heavy (non-hydrogen) atoms. The highest BCUT2D eigenvalue weighted by molar-refractivity contribution is 7.98. The smallest absolute Gasteiger partial charge is 0.227 e. The summed E-state index contributed by atoms with van der Waals surface area (Å²) in [7, 11) is 0. The van der Waals surface area contributed by atoms with Crippen LogP contribution in [0.4, 0.5) is 5.95 Å². The Kier molecular flexibility index (Phi) is 3.72. The van der Waals surface area contributed by atoms with Crippen LogP contribution in [-0.4, -0.2) is 26.8 Å². The summed E-state index contributed by atoms with van der Waals surface area (Å²) in [6, 6.07) is 8.15. The molecule has 1 N–H and O–H groups in total. The molecule has 0 amide bonds. The van der Waals surface area contributed by atoms with Crippen LogP contribution in [0.25, 0.3) is 0 Å². The normalized spacial score (nSPS) is 22.9. The lowest BCUT2D eigenvalue weighted by Crippen LogP contribution is -2.33. The van der Waals surface area contributed by atoms with E-state index >= 15 is 0 Å². The Morgan fingerprint density at radius 2 is 2.00 bits per heavy atom. The number of anilines is 1. The van der Waals surface area contributed by atoms with E-state index in [0.29, 0.717) is 12.3 Å². The number of carbonyl (C=O) groups excluding carboxylic acids is 1. The van der Waals surface area contributed by atoms with Crippen LogP contribution in [0.3, 0.4) is 0 Å². The second-order valence-corrected chi connectivity index (χ2v) is 7.41. The van der Waals surface area contributed by atoms with Gasteiger partial charge in [-0.1, -0.05) is 48.5 Å². The molecule has 2 aliphatic rings. The molecule has 6 heteroatoms. The molecule has 0 saturated heterocycles. The Labute approximate surface area is 145 Å². The largest absolute Gasteiger partial charge is 0.328 e. The third-order valence-electron chi connectivity index (χ3n) is 4.68. The van der Waals surface area contributed by atoms with Crippen LogP contribution in [0.1, 0.15) is 36.9 Å². The minimum absolute atomic E-state index is 0.190. The van der Waals surface area contributed by atoms with Gasteiger partial charge in [-0.15, -0.1) is 5.10 Å². The quantitative estimate of drug-likeness (QED) is 0.847. The van der Waals surface area contributed by atoms with Gasteiger partial charge in [-0.3, -0.25) is 4.79 Å². The summed E-state index contributed by atoms with van der Waals surface area (Å²) in [6.07, 6.45) is 3.44. The lowest BCUT2D eigenvalue weighted by Gasteiger charge is -2.34. The van der Waals surface area contributed by atoms with Gasteiger partial charge in [-0.2, -0.15) is 4.98 Å². The summed E-state index contributed by atoms with van der Waals surface area (Å²) in [5.74, 6) is 1.30. The van der Waals surface area contributed by atoms with E-state index in [4.69, 9.17) is 0 Å². The number of nitrogens with one attached hydrogen (secondary N) is 1. The van der Waals surface area contributed by atoms with Crippen molar-refractivity contribution < 1.29 is 4.79 Å². The van der Waals surface area contributed by atoms with Crippen molar-refractivity contribution in [2.45, 2.75) is 37.9 Å². The maximum Gasteiger partial charge on any atom is 0.227 e. The van der Waals surface area contributed by atoms with E-state index in [2.05, 4.69) is 53.5 Å². The van der Waals surface area contributed by atoms with Gasteiger partial charge in [0.05, 0.1) is 0 Å². The molecule has 1 aliphatic carbocycles. The lowest BCUT2D eigenvalue weighted by atomic mass is 9.81. The van der Waals surface area contributed by atoms with Gasteiger partial charge >= 0.3 is 0 Å². The van der Waals surface area contributed by atoms with Gasteiger partial charge in [0, 0.05) is 17.7 Å². The monoisotopic (exact) mass is 340 g/mol. The van der Waals surface area contributed by atoms with Crippen LogP contribution < -0.4 is 5.32 Å². The zero-order valence-electron chi connectivity index (χ0n) is 14.0. The SMILES string of the molecule is CSc1nc2n(n1)C(c1ccc(C)cc1)C1=C(CC(C)CC1=O)N2. The van der Waals surface area contributed by atoms with E-state index in [1.807, 2.05) is 10.9 Å². The molecular formula is C18H20N4OS. The first-order chi connectivity index (χ1) is 11.6. The molecule has 4 rings (SSSR count). The first-order valence-electron chi connectivity index (χ1n) is 8.17. The van der Waals surface area contributed by atoms with Crippen molar-refractivity contribution >= 4 is 23.5 Å². The number of aromatic nitrogens is 3. The molecule has 0 fully saturated rings. The molecule has 5 nitrogen and oxygen atoms in total. The predicted molar refractivity (Wildman–Crippen MR) is 95.2 cm³/mol. The second kappa shape index (κ2) is 5.77. The molecule has 0 bridgehead atoms. The summed E-state index contributed by atoms with van der Waals surface area (Å²) in [6.45, 7) is 4.19. The molecule has 0 saturated carbocycles. The second-order valence-electron chi connectivity index (χ2n) is 6.63. The standard InChI is InChI=1S/C18H20N4OS/c1-10-4-6-12(7-5-10)16-15-13(8-11(2)9-14(15)23)19-17-20-18(24-3)21-22(16)17/h4-7,11,16H,8-9H2,1-3H3,(H,19,20,21). The van der Waals surface area contributed by atoms with Crippen LogP contribution in [-0.2, 0) is 4.79 Å². The molecule has 1 aliphatic heterocycles. The Bertz CT molecular complexity index is 837. The van der Waals surface area contributed by atoms with Crippen molar-refractivity contribution in [1.29, 1.82) is 0 Å². The highest BCUT2D eigenvalue weighted by atomic mass is 32.2. The summed E-state index contributed by atoms with van der Waals surface area (Å²) in [4.78, 5) is 17.4. The summed E-state index contributed by atoms with van der Waals surface area (Å²) in [5, 5.41) is 8.69. The van der Waals surface area contributed by atoms with Gasteiger partial charge in [0.2, 0.25) is 11.1 Å². The van der Waals surface area contributed by atoms with Gasteiger partial charge in [0.25, 0.3) is 0 Å². The van der Waals surface area contributed by atoms with Crippen molar-refractivity contribution in [3.8, 4) is 0 Å². The fraction of sp³-hybridized carbons (Fsp3) is 0.389. The number of thioether (sulfide) groups is 1. The van der Waals surface area contributed by atoms with Gasteiger partial charge in [0.15, 0.2) is 5.78 Å². The molecule has 2 atom stereocenters. The third-order valence-corrected chi connectivity index (χ3v) is 5.22. The number of carbonyl (C=O) groups is 1. The topological polar surface area (TPSA) is 59.8 Å². The molecule has 1 aromatic heterocycles. The van der Waals surface area contributed by atoms with Crippen molar-refractivity contribution in [2.75, 3.05) is 11.6 Å². The van der Waals surface area contributed by atoms with Gasteiger partial charge in [0.1, 0.15) is 6.04 Å². The fourth-order valence-electron chi connectivity index (χ4n) is 3.53. The van der Waals surface area contributed by atoms with Crippen molar-refractivity contribution in [2.24, 2.45) is 5.92 Å². The number of hydrogen-bond donors (Lipinski definition) is 1. The number of nitrogens with zero attached hydrogens (tertiary/aromatic N) is 3. The number of benzene rings is 1. The van der Waals surface area contributed by atoms with Gasteiger partial charge in [-0.05, 0) is 31.1 Å².